The summed E-state index contributed by atoms with van der Waals surface area (Å²) in [6.07, 6.45) is -0.845. The van der Waals surface area contributed by atoms with Gasteiger partial charge in [0.2, 0.25) is 0 Å². The second-order valence-corrected chi connectivity index (χ2v) is 3.10. The van der Waals surface area contributed by atoms with Crippen LogP contribution in [0.5, 0.6) is 0 Å². The number of hydrogen-bond donors (Lipinski definition) is 3. The van der Waals surface area contributed by atoms with Crippen molar-refractivity contribution in [2.45, 2.75) is 18.6 Å². The number of thiol groups is 1. The van der Waals surface area contributed by atoms with Gasteiger partial charge in [0.15, 0.2) is 16.2 Å². The molecule has 3 N–H and O–H groups in total. The van der Waals surface area contributed by atoms with E-state index in [1.807, 2.05) is 0 Å². The summed E-state index contributed by atoms with van der Waals surface area (Å²) in [5.74, 6) is 0. The van der Waals surface area contributed by atoms with E-state index in [0.717, 1.165) is 4.90 Å². The molecule has 0 spiro atoms. The van der Waals surface area contributed by atoms with E-state index in [-0.39, 0.29) is 0 Å². The van der Waals surface area contributed by atoms with Gasteiger partial charge in [-0.05, 0) is 14.0 Å². The van der Waals surface area contributed by atoms with Crippen molar-refractivity contribution in [3.8, 4) is 0 Å². The molecule has 0 aliphatic carbocycles. The van der Waals surface area contributed by atoms with Crippen LogP contribution in [0.15, 0.2) is 0 Å². The fourth-order valence-electron chi connectivity index (χ4n) is 0.370. The third-order valence-electron chi connectivity index (χ3n) is 1.22. The fourth-order valence-corrected chi connectivity index (χ4v) is 0.860. The molecule has 62 valence electrons. The van der Waals surface area contributed by atoms with Gasteiger partial charge in [-0.3, -0.25) is 4.90 Å². The average Bonchev–Trinajstić information content (AvgIpc) is 1.84. The Morgan fingerprint density at radius 3 is 2.10 bits per heavy atom. The van der Waals surface area contributed by atoms with Gasteiger partial charge in [0.1, 0.15) is 6.23 Å². The van der Waals surface area contributed by atoms with Gasteiger partial charge in [-0.25, -0.2) is 8.42 Å². The third kappa shape index (κ3) is 2.61. The minimum atomic E-state index is -2.69. The number of nitrogens with two attached hydrogens (primary N) is 1. The van der Waals surface area contributed by atoms with Crippen LogP contribution in [0.4, 0.5) is 0 Å². The zero-order valence-corrected chi connectivity index (χ0v) is 6.78. The molecule has 0 aromatic carbocycles. The van der Waals surface area contributed by atoms with E-state index in [9.17, 15) is 8.42 Å². The summed E-state index contributed by atoms with van der Waals surface area (Å²) in [6.45, 7) is 1.44. The molecular formula is C4H12N2O3S. The summed E-state index contributed by atoms with van der Waals surface area (Å²) in [4.78, 5) is 1.14. The zero-order chi connectivity index (χ0) is 8.31. The lowest BCUT2D eigenvalue weighted by atomic mass is 10.6. The Hall–Kier alpha value is -0.170. The number of rotatable bonds is 3. The van der Waals surface area contributed by atoms with Gasteiger partial charge in [-0.15, -0.1) is 0 Å². The summed E-state index contributed by atoms with van der Waals surface area (Å²) < 4.78 is 20.4. The van der Waals surface area contributed by atoms with E-state index in [4.69, 9.17) is 10.8 Å². The first kappa shape index (κ1) is 9.83. The molecule has 0 aliphatic rings. The second kappa shape index (κ2) is 3.87. The minimum Gasteiger partial charge on any atom is -0.379 e. The molecular weight excluding hydrogens is 156 g/mol. The van der Waals surface area contributed by atoms with E-state index < -0.39 is 22.4 Å². The van der Waals surface area contributed by atoms with Crippen molar-refractivity contribution >= 4 is 10.7 Å². The van der Waals surface area contributed by atoms with Crippen molar-refractivity contribution in [2.75, 3.05) is 7.05 Å². The number of aliphatic hydroxyl groups excluding tert-OH is 1. The maximum atomic E-state index is 10.2. The SMILES string of the molecule is CC(O)N(C)C(N)[SH](=O)=O. The lowest BCUT2D eigenvalue weighted by Crippen LogP contribution is -2.45. The van der Waals surface area contributed by atoms with Crippen molar-refractivity contribution in [3.63, 3.8) is 0 Å². The Balaban J connectivity index is 4.07. The van der Waals surface area contributed by atoms with Crippen molar-refractivity contribution in [3.05, 3.63) is 0 Å². The molecule has 0 heterocycles. The predicted molar refractivity (Wildman–Crippen MR) is 37.7 cm³/mol. The highest BCUT2D eigenvalue weighted by Gasteiger charge is 2.15. The van der Waals surface area contributed by atoms with E-state index in [0.29, 0.717) is 0 Å². The smallest absolute Gasteiger partial charge is 0.169 e. The van der Waals surface area contributed by atoms with Crippen molar-refractivity contribution < 1.29 is 13.5 Å². The number of aliphatic hydroxyl groups is 1. The highest BCUT2D eigenvalue weighted by molar-refractivity contribution is 7.73. The van der Waals surface area contributed by atoms with Crippen molar-refractivity contribution in [1.82, 2.24) is 4.90 Å². The summed E-state index contributed by atoms with van der Waals surface area (Å²) in [6, 6.07) is 0. The highest BCUT2D eigenvalue weighted by atomic mass is 32.2. The second-order valence-electron chi connectivity index (χ2n) is 2.00. The summed E-state index contributed by atoms with van der Waals surface area (Å²) in [7, 11) is -1.26. The molecule has 0 saturated heterocycles. The van der Waals surface area contributed by atoms with Crippen LogP contribution in [0.25, 0.3) is 0 Å². The molecule has 5 nitrogen and oxygen atoms in total. The van der Waals surface area contributed by atoms with Crippen LogP contribution in [0.3, 0.4) is 0 Å². The first-order valence-corrected chi connectivity index (χ1v) is 4.00. The zero-order valence-electron chi connectivity index (χ0n) is 5.89. The summed E-state index contributed by atoms with van der Waals surface area (Å²) in [5, 5.41) is 8.82. The van der Waals surface area contributed by atoms with Crippen LogP contribution in [0, 0.1) is 0 Å². The Labute approximate surface area is 61.4 Å². The molecule has 0 saturated carbocycles. The maximum Gasteiger partial charge on any atom is 0.169 e. The minimum absolute atomic E-state index is 0.845. The van der Waals surface area contributed by atoms with Crippen LogP contribution < -0.4 is 5.73 Å². The number of hydrogen-bond acceptors (Lipinski definition) is 5. The van der Waals surface area contributed by atoms with E-state index in [1.54, 1.807) is 0 Å². The largest absolute Gasteiger partial charge is 0.379 e. The average molecular weight is 168 g/mol. The van der Waals surface area contributed by atoms with Gasteiger partial charge in [-0.1, -0.05) is 0 Å². The van der Waals surface area contributed by atoms with E-state index >= 15 is 0 Å². The first-order chi connectivity index (χ1) is 4.46. The van der Waals surface area contributed by atoms with Crippen LogP contribution in [-0.4, -0.2) is 37.2 Å². The molecule has 0 fully saturated rings. The lowest BCUT2D eigenvalue weighted by molar-refractivity contribution is 0.0305. The third-order valence-corrected chi connectivity index (χ3v) is 2.02. The summed E-state index contributed by atoms with van der Waals surface area (Å²) in [5.41, 5.74) is 4.03. The molecule has 0 rings (SSSR count). The van der Waals surface area contributed by atoms with Gasteiger partial charge in [-0.2, -0.15) is 0 Å². The maximum absolute atomic E-state index is 10.2. The van der Waals surface area contributed by atoms with Crippen LogP contribution >= 0.6 is 0 Å². The highest BCUT2D eigenvalue weighted by Crippen LogP contribution is 1.93. The lowest BCUT2D eigenvalue weighted by Gasteiger charge is -2.22. The topological polar surface area (TPSA) is 83.6 Å². The molecule has 2 atom stereocenters. The molecule has 0 aliphatic heterocycles. The molecule has 6 heteroatoms. The van der Waals surface area contributed by atoms with Gasteiger partial charge < -0.3 is 10.8 Å². The predicted octanol–water partition coefficient (Wildman–Crippen LogP) is -1.89. The summed E-state index contributed by atoms with van der Waals surface area (Å²) >= 11 is 0. The van der Waals surface area contributed by atoms with Crippen LogP contribution in [0.2, 0.25) is 0 Å². The molecule has 0 radical (unpaired) electrons. The quantitative estimate of drug-likeness (QED) is 0.339. The normalized spacial score (nSPS) is 17.8. The molecule has 2 unspecified atom stereocenters. The Kier molecular flexibility index (Phi) is 3.80. The Morgan fingerprint density at radius 1 is 1.60 bits per heavy atom. The van der Waals surface area contributed by atoms with Gasteiger partial charge in [0.25, 0.3) is 0 Å². The fraction of sp³-hybridized carbons (Fsp3) is 1.00. The standard InChI is InChI=1S/C4H12N2O3S/c1-3(7)6(2)4(5)10(8)9/h3-4,7,10H,5H2,1-2H3. The van der Waals surface area contributed by atoms with Gasteiger partial charge in [0, 0.05) is 0 Å². The molecule has 10 heavy (non-hydrogen) atoms. The Morgan fingerprint density at radius 2 is 2.00 bits per heavy atom. The molecule has 0 amide bonds. The van der Waals surface area contributed by atoms with Crippen molar-refractivity contribution in [2.24, 2.45) is 5.73 Å². The number of nitrogens with zero attached hydrogens (tertiary/aromatic N) is 1. The Bertz CT molecular complexity index is 160. The van der Waals surface area contributed by atoms with Gasteiger partial charge >= 0.3 is 0 Å². The van der Waals surface area contributed by atoms with E-state index in [2.05, 4.69) is 0 Å². The monoisotopic (exact) mass is 168 g/mol. The van der Waals surface area contributed by atoms with E-state index in [1.165, 1.54) is 14.0 Å². The molecule has 0 aromatic heterocycles. The van der Waals surface area contributed by atoms with Crippen LogP contribution in [-0.2, 0) is 10.7 Å². The molecule has 0 bridgehead atoms. The molecule has 0 aromatic rings. The van der Waals surface area contributed by atoms with Gasteiger partial charge in [0.05, 0.1) is 0 Å². The van der Waals surface area contributed by atoms with Crippen molar-refractivity contribution in [1.29, 1.82) is 0 Å². The first-order valence-electron chi connectivity index (χ1n) is 2.76. The van der Waals surface area contributed by atoms with Crippen LogP contribution in [0.1, 0.15) is 6.92 Å².